The van der Waals surface area contributed by atoms with Crippen molar-refractivity contribution < 1.29 is 50.6 Å². The van der Waals surface area contributed by atoms with Crippen LogP contribution in [0.2, 0.25) is 0 Å². The Morgan fingerprint density at radius 3 is 2.33 bits per heavy atom. The van der Waals surface area contributed by atoms with Gasteiger partial charge < -0.3 is 14.6 Å². The number of halogens is 6. The van der Waals surface area contributed by atoms with Gasteiger partial charge in [0.25, 0.3) is 5.91 Å². The number of amides is 1. The Morgan fingerprint density at radius 2 is 1.74 bits per heavy atom. The van der Waals surface area contributed by atoms with Gasteiger partial charge >= 0.3 is 18.3 Å². The first-order valence-corrected chi connectivity index (χ1v) is 12.6. The number of carboxylic acids is 1. The summed E-state index contributed by atoms with van der Waals surface area (Å²) < 4.78 is 84.9. The molecule has 0 radical (unpaired) electrons. The maximum absolute atomic E-state index is 13.2. The van der Waals surface area contributed by atoms with E-state index < -0.39 is 47.0 Å². The lowest BCUT2D eigenvalue weighted by molar-refractivity contribution is -0.143. The number of hydrogen-bond acceptors (Lipinski definition) is 7. The van der Waals surface area contributed by atoms with E-state index in [0.717, 1.165) is 11.8 Å². The maximum atomic E-state index is 13.2. The van der Waals surface area contributed by atoms with Crippen LogP contribution in [0.3, 0.4) is 0 Å². The number of thioether (sulfide) groups is 1. The number of thiocarbonyl (C=S) groups is 1. The van der Waals surface area contributed by atoms with Crippen molar-refractivity contribution in [3.8, 4) is 11.3 Å². The number of benzene rings is 1. The van der Waals surface area contributed by atoms with Crippen LogP contribution in [0.4, 0.5) is 26.3 Å². The van der Waals surface area contributed by atoms with Crippen molar-refractivity contribution in [1.29, 1.82) is 0 Å². The van der Waals surface area contributed by atoms with Crippen LogP contribution in [0.25, 0.3) is 17.4 Å². The Kier molecular flexibility index (Phi) is 8.17. The normalized spacial score (nSPS) is 21.9. The van der Waals surface area contributed by atoms with E-state index in [0.29, 0.717) is 18.7 Å². The van der Waals surface area contributed by atoms with E-state index in [1.807, 2.05) is 0 Å². The van der Waals surface area contributed by atoms with Gasteiger partial charge in [-0.3, -0.25) is 19.4 Å². The molecule has 0 aliphatic carbocycles. The predicted octanol–water partition coefficient (Wildman–Crippen LogP) is 4.95. The Balaban J connectivity index is 1.50. The number of β-amino-alcohol motifs (C(OH)–C–C–N with tert-alkyl or cyclic N) is 1. The molecular formula is C24H20F6N2O5S2. The minimum atomic E-state index is -5.01. The molecule has 7 nitrogen and oxygen atoms in total. The van der Waals surface area contributed by atoms with Crippen molar-refractivity contribution >= 4 is 46.3 Å². The largest absolute Gasteiger partial charge is 0.481 e. The van der Waals surface area contributed by atoms with Gasteiger partial charge in [-0.25, -0.2) is 0 Å². The highest BCUT2D eigenvalue weighted by Gasteiger charge is 2.39. The second kappa shape index (κ2) is 10.9. The third-order valence-corrected chi connectivity index (χ3v) is 7.56. The fourth-order valence-corrected chi connectivity index (χ4v) is 5.52. The zero-order valence-electron chi connectivity index (χ0n) is 19.8. The molecule has 39 heavy (non-hydrogen) atoms. The van der Waals surface area contributed by atoms with E-state index >= 15 is 0 Å². The summed E-state index contributed by atoms with van der Waals surface area (Å²) in [6.45, 7) is 0.950. The van der Waals surface area contributed by atoms with Gasteiger partial charge in [-0.2, -0.15) is 26.3 Å². The fourth-order valence-electron chi connectivity index (χ4n) is 4.26. The molecule has 0 bridgehead atoms. The Bertz CT molecular complexity index is 1290. The summed E-state index contributed by atoms with van der Waals surface area (Å²) in [4.78, 5) is 27.0. The molecule has 15 heteroatoms. The van der Waals surface area contributed by atoms with Gasteiger partial charge in [0.2, 0.25) is 0 Å². The molecule has 2 unspecified atom stereocenters. The summed E-state index contributed by atoms with van der Waals surface area (Å²) in [5.41, 5.74) is -3.41. The standard InChI is InChI=1S/C24H20F6N2O5S2/c25-23(26,27)14-5-12(6-15(7-14)24(28,29)30)18-2-1-16(37-18)8-19-21(36)32(22(38)39-19)10-13-9-31(11-17(13)33)4-3-20(34)35/h1-2,5-8,13,17,33H,3-4,9-11H2,(H,34,35)/b19-8-. The maximum Gasteiger partial charge on any atom is 0.416 e. The number of rotatable bonds is 7. The molecule has 2 aliphatic rings. The molecule has 1 aromatic heterocycles. The number of aliphatic hydroxyl groups excluding tert-OH is 1. The van der Waals surface area contributed by atoms with E-state index in [9.17, 15) is 41.0 Å². The van der Waals surface area contributed by atoms with E-state index in [4.69, 9.17) is 21.7 Å². The first kappa shape index (κ1) is 29.1. The van der Waals surface area contributed by atoms with Gasteiger partial charge in [0.05, 0.1) is 28.6 Å². The van der Waals surface area contributed by atoms with Crippen molar-refractivity contribution in [3.63, 3.8) is 0 Å². The molecule has 3 heterocycles. The van der Waals surface area contributed by atoms with Crippen molar-refractivity contribution in [3.05, 3.63) is 52.1 Å². The van der Waals surface area contributed by atoms with Crippen molar-refractivity contribution in [2.45, 2.75) is 24.9 Å². The number of nitrogens with zero attached hydrogens (tertiary/aromatic N) is 2. The lowest BCUT2D eigenvalue weighted by Crippen LogP contribution is -2.37. The van der Waals surface area contributed by atoms with Crippen molar-refractivity contribution in [2.75, 3.05) is 26.2 Å². The Morgan fingerprint density at radius 1 is 1.10 bits per heavy atom. The van der Waals surface area contributed by atoms with Crippen LogP contribution in [0.15, 0.2) is 39.7 Å². The molecule has 0 spiro atoms. The Hall–Kier alpha value is -2.88. The molecule has 0 saturated carbocycles. The third-order valence-electron chi connectivity index (χ3n) is 6.19. The lowest BCUT2D eigenvalue weighted by atomic mass is 10.0. The molecular weight excluding hydrogens is 574 g/mol. The van der Waals surface area contributed by atoms with E-state index in [1.54, 1.807) is 4.90 Å². The van der Waals surface area contributed by atoms with Gasteiger partial charge in [-0.05, 0) is 30.3 Å². The number of likely N-dealkylation sites (tertiary alicyclic amines) is 1. The second-order valence-corrected chi connectivity index (χ2v) is 10.7. The SMILES string of the molecule is O=C(O)CCN1CC(O)C(CN2C(=O)/C(=C/c3ccc(-c4cc(C(F)(F)F)cc(C(F)(F)F)c4)o3)SC2=S)C1. The summed E-state index contributed by atoms with van der Waals surface area (Å²) in [6.07, 6.45) is -9.63. The van der Waals surface area contributed by atoms with Gasteiger partial charge in [-0.15, -0.1) is 0 Å². The monoisotopic (exact) mass is 594 g/mol. The van der Waals surface area contributed by atoms with Crippen LogP contribution >= 0.6 is 24.0 Å². The van der Waals surface area contributed by atoms with Crippen LogP contribution in [0.1, 0.15) is 23.3 Å². The number of aliphatic hydroxyl groups is 1. The predicted molar refractivity (Wildman–Crippen MR) is 132 cm³/mol. The fraction of sp³-hybridized carbons (Fsp3) is 0.375. The molecule has 210 valence electrons. The highest BCUT2D eigenvalue weighted by atomic mass is 32.2. The van der Waals surface area contributed by atoms with Crippen LogP contribution in [-0.2, 0) is 21.9 Å². The number of furan rings is 1. The zero-order valence-corrected chi connectivity index (χ0v) is 21.4. The number of carbonyl (C=O) groups excluding carboxylic acids is 1. The van der Waals surface area contributed by atoms with Crippen molar-refractivity contribution in [1.82, 2.24) is 9.80 Å². The summed E-state index contributed by atoms with van der Waals surface area (Å²) in [5.74, 6) is -2.09. The van der Waals surface area contributed by atoms with Gasteiger partial charge in [0.1, 0.15) is 15.8 Å². The molecule has 1 aromatic carbocycles. The third kappa shape index (κ3) is 6.83. The van der Waals surface area contributed by atoms with Crippen LogP contribution in [-0.4, -0.2) is 68.5 Å². The molecule has 2 N–H and O–H groups in total. The van der Waals surface area contributed by atoms with E-state index in [1.165, 1.54) is 23.1 Å². The molecule has 2 atom stereocenters. The van der Waals surface area contributed by atoms with Crippen LogP contribution in [0, 0.1) is 5.92 Å². The number of hydrogen-bond donors (Lipinski definition) is 2. The topological polar surface area (TPSA) is 94.2 Å². The molecule has 2 saturated heterocycles. The highest BCUT2D eigenvalue weighted by Crippen LogP contribution is 2.40. The van der Waals surface area contributed by atoms with Gasteiger partial charge in [0, 0.05) is 43.7 Å². The molecule has 2 aromatic rings. The number of aliphatic carboxylic acids is 1. The molecule has 1 amide bonds. The first-order valence-electron chi connectivity index (χ1n) is 11.4. The lowest BCUT2D eigenvalue weighted by Gasteiger charge is -2.21. The number of carbonyl (C=O) groups is 2. The quantitative estimate of drug-likeness (QED) is 0.264. The summed E-state index contributed by atoms with van der Waals surface area (Å²) in [5, 5.41) is 19.2. The minimum absolute atomic E-state index is 0.0113. The first-order chi connectivity index (χ1) is 18.1. The Labute approximate surface area is 227 Å². The zero-order chi connectivity index (χ0) is 28.7. The average Bonchev–Trinajstić information content (AvgIpc) is 3.51. The number of carboxylic acid groups (broad SMARTS) is 1. The second-order valence-electron chi connectivity index (χ2n) is 9.02. The van der Waals surface area contributed by atoms with Crippen LogP contribution in [0.5, 0.6) is 0 Å². The molecule has 2 aliphatic heterocycles. The summed E-state index contributed by atoms with van der Waals surface area (Å²) in [6, 6.07) is 3.61. The summed E-state index contributed by atoms with van der Waals surface area (Å²) in [7, 11) is 0. The average molecular weight is 595 g/mol. The molecule has 2 fully saturated rings. The smallest absolute Gasteiger partial charge is 0.416 e. The molecule has 4 rings (SSSR count). The van der Waals surface area contributed by atoms with Gasteiger partial charge in [-0.1, -0.05) is 24.0 Å². The summed E-state index contributed by atoms with van der Waals surface area (Å²) >= 11 is 6.22. The van der Waals surface area contributed by atoms with E-state index in [-0.39, 0.29) is 58.8 Å². The van der Waals surface area contributed by atoms with Crippen LogP contribution < -0.4 is 0 Å². The van der Waals surface area contributed by atoms with E-state index in [2.05, 4.69) is 0 Å². The highest BCUT2D eigenvalue weighted by molar-refractivity contribution is 8.26. The number of alkyl halides is 6. The van der Waals surface area contributed by atoms with Crippen molar-refractivity contribution in [2.24, 2.45) is 5.92 Å². The minimum Gasteiger partial charge on any atom is -0.481 e. The van der Waals surface area contributed by atoms with Gasteiger partial charge in [0.15, 0.2) is 0 Å².